The molecule has 0 saturated heterocycles. The van der Waals surface area contributed by atoms with E-state index in [1.165, 1.54) is 20.8 Å². The van der Waals surface area contributed by atoms with Gasteiger partial charge in [0.15, 0.2) is 0 Å². The highest BCUT2D eigenvalue weighted by Gasteiger charge is 2.40. The van der Waals surface area contributed by atoms with Gasteiger partial charge >= 0.3 is 31.1 Å². The first-order valence-electron chi connectivity index (χ1n) is 5.98. The third kappa shape index (κ3) is 5.82. The molecule has 0 amide bonds. The van der Waals surface area contributed by atoms with Crippen molar-refractivity contribution in [3.05, 3.63) is 0 Å². The standard InChI is InChI=1S/C6H15F5N4O3P4/c1-4-16-20(9)12-19(7,8)13-21(10,17-5-2)15-22(11,14-20)18-6-3/h4-6H2,1-3H3. The summed E-state index contributed by atoms with van der Waals surface area (Å²) in [7, 11) is -20.9. The van der Waals surface area contributed by atoms with Crippen LogP contribution in [0.2, 0.25) is 0 Å². The first-order valence-corrected chi connectivity index (χ1v) is 12.0. The van der Waals surface area contributed by atoms with Crippen molar-refractivity contribution in [1.29, 1.82) is 0 Å². The van der Waals surface area contributed by atoms with E-state index in [9.17, 15) is 21.0 Å². The van der Waals surface area contributed by atoms with E-state index in [0.717, 1.165) is 0 Å². The molecule has 0 saturated carbocycles. The highest BCUT2D eigenvalue weighted by molar-refractivity contribution is 7.78. The Kier molecular flexibility index (Phi) is 7.04. The van der Waals surface area contributed by atoms with Gasteiger partial charge in [-0.2, -0.15) is 12.6 Å². The fourth-order valence-electron chi connectivity index (χ4n) is 1.26. The van der Waals surface area contributed by atoms with Gasteiger partial charge in [-0.25, -0.2) is 0 Å². The van der Waals surface area contributed by atoms with Crippen molar-refractivity contribution in [1.82, 2.24) is 0 Å². The summed E-state index contributed by atoms with van der Waals surface area (Å²) in [6, 6.07) is 0. The summed E-state index contributed by atoms with van der Waals surface area (Å²) >= 11 is 0. The summed E-state index contributed by atoms with van der Waals surface area (Å²) in [5.41, 5.74) is 0. The van der Waals surface area contributed by atoms with Gasteiger partial charge in [-0.05, 0) is 20.8 Å². The SMILES string of the molecule is CCOP1(F)=NP(F)(F)=NP(F)(OCC)=NP(F)(OCC)=N1. The second kappa shape index (κ2) is 7.56. The van der Waals surface area contributed by atoms with Gasteiger partial charge in [0.1, 0.15) is 0 Å². The normalized spacial score (nSPS) is 37.8. The first kappa shape index (κ1) is 20.5. The van der Waals surface area contributed by atoms with E-state index in [1.807, 2.05) is 0 Å². The van der Waals surface area contributed by atoms with Crippen LogP contribution >= 0.6 is 31.1 Å². The smallest absolute Gasteiger partial charge is 0.303 e. The number of halogens is 5. The number of rotatable bonds is 6. The molecule has 0 spiro atoms. The van der Waals surface area contributed by atoms with Crippen molar-refractivity contribution in [2.75, 3.05) is 19.8 Å². The van der Waals surface area contributed by atoms with Crippen LogP contribution in [-0.4, -0.2) is 19.8 Å². The van der Waals surface area contributed by atoms with Crippen molar-refractivity contribution >= 4 is 31.1 Å². The molecule has 22 heavy (non-hydrogen) atoms. The molecule has 1 aliphatic rings. The molecule has 7 nitrogen and oxygen atoms in total. The Hall–Kier alpha value is 0.450. The summed E-state index contributed by atoms with van der Waals surface area (Å²) in [6.07, 6.45) is 0. The fourth-order valence-corrected chi connectivity index (χ4v) is 9.64. The molecule has 0 aromatic heterocycles. The van der Waals surface area contributed by atoms with Crippen LogP contribution in [0.5, 0.6) is 0 Å². The van der Waals surface area contributed by atoms with E-state index in [-0.39, 0.29) is 6.61 Å². The van der Waals surface area contributed by atoms with Crippen molar-refractivity contribution < 1.29 is 34.6 Å². The Morgan fingerprint density at radius 2 is 0.909 bits per heavy atom. The Bertz CT molecular complexity index is 628. The molecule has 1 heterocycles. The van der Waals surface area contributed by atoms with Crippen LogP contribution < -0.4 is 0 Å². The maximum Gasteiger partial charge on any atom is 0.425 e. The Morgan fingerprint density at radius 3 is 1.27 bits per heavy atom. The summed E-state index contributed by atoms with van der Waals surface area (Å²) in [4.78, 5) is 0. The highest BCUT2D eigenvalue weighted by Crippen LogP contribution is 2.81. The number of hydrogen-bond donors (Lipinski definition) is 0. The van der Waals surface area contributed by atoms with Crippen LogP contribution in [0.25, 0.3) is 0 Å². The third-order valence-corrected chi connectivity index (χ3v) is 10.5. The van der Waals surface area contributed by atoms with E-state index in [1.54, 1.807) is 0 Å². The Morgan fingerprint density at radius 1 is 0.591 bits per heavy atom. The predicted molar refractivity (Wildman–Crippen MR) is 77.8 cm³/mol. The van der Waals surface area contributed by atoms with Crippen LogP contribution in [0.3, 0.4) is 0 Å². The van der Waals surface area contributed by atoms with E-state index < -0.39 is 44.3 Å². The molecule has 0 aromatic rings. The fraction of sp³-hybridized carbons (Fsp3) is 1.00. The maximum atomic E-state index is 14.5. The van der Waals surface area contributed by atoms with Crippen LogP contribution in [0, 0.1) is 0 Å². The van der Waals surface area contributed by atoms with Crippen LogP contribution in [0.1, 0.15) is 20.8 Å². The minimum Gasteiger partial charge on any atom is -0.303 e. The van der Waals surface area contributed by atoms with Gasteiger partial charge in [-0.1, -0.05) is 0 Å². The second-order valence-electron chi connectivity index (χ2n) is 3.49. The average molecular weight is 410 g/mol. The number of nitrogens with zero attached hydrogens (tertiary/aromatic N) is 4. The molecule has 1 aliphatic heterocycles. The summed E-state index contributed by atoms with van der Waals surface area (Å²) in [5, 5.41) is 0. The Balaban J connectivity index is 3.69. The second-order valence-corrected chi connectivity index (χ2v) is 10.9. The molecule has 3 atom stereocenters. The van der Waals surface area contributed by atoms with Crippen LogP contribution in [0.4, 0.5) is 21.0 Å². The molecular formula is C6H15F5N4O3P4. The molecular weight excluding hydrogens is 395 g/mol. The van der Waals surface area contributed by atoms with E-state index >= 15 is 0 Å². The Labute approximate surface area is 125 Å². The largest absolute Gasteiger partial charge is 0.425 e. The number of hydrogen-bond acceptors (Lipinski definition) is 7. The van der Waals surface area contributed by atoms with Crippen molar-refractivity contribution in [3.63, 3.8) is 0 Å². The molecule has 0 aliphatic carbocycles. The molecule has 16 heteroatoms. The quantitative estimate of drug-likeness (QED) is 0.332. The van der Waals surface area contributed by atoms with Crippen molar-refractivity contribution in [2.45, 2.75) is 20.8 Å². The van der Waals surface area contributed by atoms with Crippen LogP contribution in [-0.2, 0) is 13.6 Å². The minimum absolute atomic E-state index is 0.346. The van der Waals surface area contributed by atoms with Gasteiger partial charge in [0, 0.05) is 0 Å². The molecule has 1 rings (SSSR count). The lowest BCUT2D eigenvalue weighted by Gasteiger charge is -2.20. The summed E-state index contributed by atoms with van der Waals surface area (Å²) in [5.74, 6) is 0. The molecule has 0 bridgehead atoms. The topological polar surface area (TPSA) is 77.1 Å². The van der Waals surface area contributed by atoms with E-state index in [4.69, 9.17) is 0 Å². The third-order valence-electron chi connectivity index (χ3n) is 1.76. The lowest BCUT2D eigenvalue weighted by molar-refractivity contribution is 0.333. The molecule has 0 radical (unpaired) electrons. The highest BCUT2D eigenvalue weighted by atomic mass is 31.3. The molecule has 0 N–H and O–H groups in total. The first-order chi connectivity index (χ1) is 10.0. The minimum atomic E-state index is -5.83. The van der Waals surface area contributed by atoms with Crippen molar-refractivity contribution in [2.24, 2.45) is 18.1 Å². The predicted octanol–water partition coefficient (Wildman–Crippen LogP) is 7.74. The monoisotopic (exact) mass is 410 g/mol. The lowest BCUT2D eigenvalue weighted by atomic mass is 10.9. The van der Waals surface area contributed by atoms with Gasteiger partial charge in [0.2, 0.25) is 0 Å². The van der Waals surface area contributed by atoms with Gasteiger partial charge in [-0.15, -0.1) is 26.5 Å². The van der Waals surface area contributed by atoms with E-state index in [2.05, 4.69) is 31.6 Å². The van der Waals surface area contributed by atoms with Gasteiger partial charge in [0.25, 0.3) is 0 Å². The van der Waals surface area contributed by atoms with Gasteiger partial charge in [-0.3, -0.25) is 0 Å². The molecule has 0 fully saturated rings. The van der Waals surface area contributed by atoms with Crippen LogP contribution in [0.15, 0.2) is 18.1 Å². The lowest BCUT2D eigenvalue weighted by Crippen LogP contribution is -1.89. The maximum absolute atomic E-state index is 14.5. The summed E-state index contributed by atoms with van der Waals surface area (Å²) < 4.78 is 94.4. The zero-order chi connectivity index (χ0) is 17.1. The zero-order valence-corrected chi connectivity index (χ0v) is 15.4. The molecule has 0 aromatic carbocycles. The molecule has 132 valence electrons. The van der Waals surface area contributed by atoms with Gasteiger partial charge < -0.3 is 13.6 Å². The summed E-state index contributed by atoms with van der Waals surface area (Å²) in [6.45, 7) is 2.74. The zero-order valence-electron chi connectivity index (χ0n) is 11.8. The average Bonchev–Trinajstić information content (AvgIpc) is 2.23. The molecule has 3 unspecified atom stereocenters. The van der Waals surface area contributed by atoms with E-state index in [0.29, 0.717) is 0 Å². The van der Waals surface area contributed by atoms with Crippen molar-refractivity contribution in [3.8, 4) is 0 Å². The van der Waals surface area contributed by atoms with Gasteiger partial charge in [0.05, 0.1) is 19.8 Å².